The molecule has 132 valence electrons. The predicted octanol–water partition coefficient (Wildman–Crippen LogP) is 4.19. The van der Waals surface area contributed by atoms with Crippen LogP contribution in [0.3, 0.4) is 0 Å². The van der Waals surface area contributed by atoms with Crippen molar-refractivity contribution in [3.63, 3.8) is 0 Å². The van der Waals surface area contributed by atoms with Gasteiger partial charge in [0.05, 0.1) is 0 Å². The second kappa shape index (κ2) is 6.80. The molecule has 0 fully saturated rings. The van der Waals surface area contributed by atoms with E-state index in [0.29, 0.717) is 23.0 Å². The molecule has 0 amide bonds. The van der Waals surface area contributed by atoms with Crippen molar-refractivity contribution in [2.75, 3.05) is 0 Å². The number of benzene rings is 2. The van der Waals surface area contributed by atoms with Gasteiger partial charge >= 0.3 is 0 Å². The van der Waals surface area contributed by atoms with Crippen LogP contribution in [-0.2, 0) is 6.42 Å². The molecule has 5 nitrogen and oxygen atoms in total. The first-order valence-electron chi connectivity index (χ1n) is 7.96. The van der Waals surface area contributed by atoms with Gasteiger partial charge < -0.3 is 4.74 Å². The Kier molecular flexibility index (Phi) is 4.34. The normalized spacial score (nSPS) is 12.4. The van der Waals surface area contributed by atoms with E-state index in [1.165, 1.54) is 35.6 Å². The summed E-state index contributed by atoms with van der Waals surface area (Å²) in [6, 6.07) is 12.1. The van der Waals surface area contributed by atoms with Crippen LogP contribution in [0.15, 0.2) is 48.5 Å². The minimum atomic E-state index is -0.314. The number of nitrogens with zero attached hydrogens (tertiary/aromatic N) is 4. The standard InChI is InChI=1S/C18H14F2N4OS/c1-11(25-15-8-6-14(20)7-9-15)17-23-24-16(21-22-18(24)26-17)10-12-2-4-13(19)5-3-12/h2-9,11H,10H2,1H3. The number of halogens is 2. The average molecular weight is 372 g/mol. The lowest BCUT2D eigenvalue weighted by Gasteiger charge is -2.11. The van der Waals surface area contributed by atoms with Crippen LogP contribution >= 0.6 is 11.3 Å². The Bertz CT molecular complexity index is 1030. The maximum absolute atomic E-state index is 13.0. The minimum Gasteiger partial charge on any atom is -0.483 e. The smallest absolute Gasteiger partial charge is 0.234 e. The lowest BCUT2D eigenvalue weighted by molar-refractivity contribution is 0.224. The van der Waals surface area contributed by atoms with E-state index in [9.17, 15) is 8.78 Å². The summed E-state index contributed by atoms with van der Waals surface area (Å²) in [7, 11) is 0. The molecule has 2 aromatic carbocycles. The summed E-state index contributed by atoms with van der Waals surface area (Å²) in [5, 5.41) is 13.6. The van der Waals surface area contributed by atoms with Gasteiger partial charge in [0.25, 0.3) is 0 Å². The quantitative estimate of drug-likeness (QED) is 0.527. The Balaban J connectivity index is 1.54. The number of rotatable bonds is 5. The van der Waals surface area contributed by atoms with E-state index in [2.05, 4.69) is 15.3 Å². The number of hydrogen-bond donors (Lipinski definition) is 0. The highest BCUT2D eigenvalue weighted by Crippen LogP contribution is 2.26. The third-order valence-electron chi connectivity index (χ3n) is 3.82. The first-order valence-corrected chi connectivity index (χ1v) is 8.78. The minimum absolute atomic E-state index is 0.275. The zero-order valence-electron chi connectivity index (χ0n) is 13.8. The Morgan fingerprint density at radius 2 is 1.65 bits per heavy atom. The number of ether oxygens (including phenoxy) is 1. The van der Waals surface area contributed by atoms with E-state index in [0.717, 1.165) is 10.6 Å². The summed E-state index contributed by atoms with van der Waals surface area (Å²) < 4.78 is 33.5. The van der Waals surface area contributed by atoms with E-state index < -0.39 is 0 Å². The van der Waals surface area contributed by atoms with Gasteiger partial charge in [-0.1, -0.05) is 23.5 Å². The van der Waals surface area contributed by atoms with Crippen LogP contribution in [0.1, 0.15) is 29.4 Å². The molecule has 4 aromatic rings. The van der Waals surface area contributed by atoms with Gasteiger partial charge in [0.2, 0.25) is 4.96 Å². The molecule has 0 aliphatic heterocycles. The van der Waals surface area contributed by atoms with E-state index in [1.54, 1.807) is 28.8 Å². The van der Waals surface area contributed by atoms with Crippen molar-refractivity contribution in [2.45, 2.75) is 19.4 Å². The lowest BCUT2D eigenvalue weighted by Crippen LogP contribution is -2.05. The molecule has 0 saturated carbocycles. The Morgan fingerprint density at radius 3 is 2.35 bits per heavy atom. The SMILES string of the molecule is CC(Oc1ccc(F)cc1)c1nn2c(Cc3ccc(F)cc3)nnc2s1. The highest BCUT2D eigenvalue weighted by Gasteiger charge is 2.17. The van der Waals surface area contributed by atoms with Crippen molar-refractivity contribution >= 4 is 16.3 Å². The molecule has 1 unspecified atom stereocenters. The average Bonchev–Trinajstić information content (AvgIpc) is 3.21. The third kappa shape index (κ3) is 3.41. The maximum atomic E-state index is 13.0. The molecule has 2 aromatic heterocycles. The molecule has 0 aliphatic carbocycles. The molecule has 0 N–H and O–H groups in total. The summed E-state index contributed by atoms with van der Waals surface area (Å²) in [6.45, 7) is 1.87. The molecule has 0 spiro atoms. The van der Waals surface area contributed by atoms with Crippen molar-refractivity contribution < 1.29 is 13.5 Å². The fraction of sp³-hybridized carbons (Fsp3) is 0.167. The number of fused-ring (bicyclic) bond motifs is 1. The number of hydrogen-bond acceptors (Lipinski definition) is 5. The van der Waals surface area contributed by atoms with E-state index in [-0.39, 0.29) is 17.7 Å². The van der Waals surface area contributed by atoms with Crippen molar-refractivity contribution in [2.24, 2.45) is 0 Å². The van der Waals surface area contributed by atoms with Crippen molar-refractivity contribution in [1.29, 1.82) is 0 Å². The lowest BCUT2D eigenvalue weighted by atomic mass is 10.1. The predicted molar refractivity (Wildman–Crippen MR) is 93.3 cm³/mol. The second-order valence-electron chi connectivity index (χ2n) is 5.77. The number of aromatic nitrogens is 4. The van der Waals surface area contributed by atoms with Gasteiger partial charge in [-0.2, -0.15) is 9.61 Å². The van der Waals surface area contributed by atoms with Crippen LogP contribution < -0.4 is 4.74 Å². The van der Waals surface area contributed by atoms with E-state index in [1.807, 2.05) is 6.92 Å². The molecule has 26 heavy (non-hydrogen) atoms. The molecular formula is C18H14F2N4OS. The second-order valence-corrected chi connectivity index (χ2v) is 6.76. The van der Waals surface area contributed by atoms with Gasteiger partial charge in [-0.25, -0.2) is 8.78 Å². The third-order valence-corrected chi connectivity index (χ3v) is 4.88. The van der Waals surface area contributed by atoms with Crippen LogP contribution in [0.4, 0.5) is 8.78 Å². The molecule has 0 radical (unpaired) electrons. The van der Waals surface area contributed by atoms with E-state index in [4.69, 9.17) is 4.74 Å². The first-order chi connectivity index (χ1) is 12.6. The van der Waals surface area contributed by atoms with Crippen LogP contribution in [0.25, 0.3) is 4.96 Å². The van der Waals surface area contributed by atoms with Crippen LogP contribution in [0.2, 0.25) is 0 Å². The van der Waals surface area contributed by atoms with Gasteiger partial charge in [0.1, 0.15) is 23.5 Å². The van der Waals surface area contributed by atoms with Crippen molar-refractivity contribution in [1.82, 2.24) is 19.8 Å². The molecule has 2 heterocycles. The van der Waals surface area contributed by atoms with Gasteiger partial charge in [0, 0.05) is 6.42 Å². The van der Waals surface area contributed by atoms with Gasteiger partial charge in [0.15, 0.2) is 10.8 Å². The fourth-order valence-electron chi connectivity index (χ4n) is 2.50. The Hall–Kier alpha value is -2.87. The largest absolute Gasteiger partial charge is 0.483 e. The maximum Gasteiger partial charge on any atom is 0.234 e. The zero-order valence-corrected chi connectivity index (χ0v) is 14.6. The van der Waals surface area contributed by atoms with Crippen molar-refractivity contribution in [3.05, 3.63) is 76.6 Å². The van der Waals surface area contributed by atoms with Gasteiger partial charge in [-0.15, -0.1) is 10.2 Å². The summed E-state index contributed by atoms with van der Waals surface area (Å²) in [4.78, 5) is 0.659. The van der Waals surface area contributed by atoms with E-state index >= 15 is 0 Å². The molecule has 0 saturated heterocycles. The van der Waals surface area contributed by atoms with Crippen LogP contribution in [0, 0.1) is 11.6 Å². The van der Waals surface area contributed by atoms with Crippen LogP contribution in [-0.4, -0.2) is 19.8 Å². The molecule has 0 bridgehead atoms. The molecular weight excluding hydrogens is 358 g/mol. The molecule has 0 aliphatic rings. The zero-order chi connectivity index (χ0) is 18.1. The van der Waals surface area contributed by atoms with Gasteiger partial charge in [-0.3, -0.25) is 0 Å². The molecule has 4 rings (SSSR count). The first kappa shape index (κ1) is 16.6. The summed E-state index contributed by atoms with van der Waals surface area (Å²) in [5.74, 6) is 0.650. The Morgan fingerprint density at radius 1 is 1.00 bits per heavy atom. The highest BCUT2D eigenvalue weighted by atomic mass is 32.1. The Labute approximate surface area is 151 Å². The van der Waals surface area contributed by atoms with Gasteiger partial charge in [-0.05, 0) is 48.9 Å². The van der Waals surface area contributed by atoms with Crippen molar-refractivity contribution in [3.8, 4) is 5.75 Å². The monoisotopic (exact) mass is 372 g/mol. The summed E-state index contributed by atoms with van der Waals surface area (Å²) in [6.07, 6.45) is 0.184. The summed E-state index contributed by atoms with van der Waals surface area (Å²) >= 11 is 1.38. The topological polar surface area (TPSA) is 52.3 Å². The fourth-order valence-corrected chi connectivity index (χ4v) is 3.34. The molecule has 1 atom stereocenters. The highest BCUT2D eigenvalue weighted by molar-refractivity contribution is 7.16. The van der Waals surface area contributed by atoms with Crippen LogP contribution in [0.5, 0.6) is 5.75 Å². The molecule has 8 heteroatoms. The summed E-state index contributed by atoms with van der Waals surface area (Å²) in [5.41, 5.74) is 0.922.